The van der Waals surface area contributed by atoms with Gasteiger partial charge in [0.15, 0.2) is 0 Å². The van der Waals surface area contributed by atoms with E-state index in [-0.39, 0.29) is 17.9 Å². The first-order valence-corrected chi connectivity index (χ1v) is 10.9. The largest absolute Gasteiger partial charge is 0.283 e. The molecule has 0 aromatic heterocycles. The molecule has 8 heteroatoms. The number of amides is 1. The number of hydrazine groups is 1. The highest BCUT2D eigenvalue weighted by molar-refractivity contribution is 6.41. The Morgan fingerprint density at radius 3 is 2.47 bits per heavy atom. The summed E-state index contributed by atoms with van der Waals surface area (Å²) >= 11 is 18.7. The molecule has 0 spiro atoms. The van der Waals surface area contributed by atoms with Crippen LogP contribution in [0.3, 0.4) is 0 Å². The van der Waals surface area contributed by atoms with Crippen LogP contribution in [0.4, 0.5) is 5.69 Å². The van der Waals surface area contributed by atoms with E-state index in [0.717, 1.165) is 18.5 Å². The van der Waals surface area contributed by atoms with E-state index >= 15 is 0 Å². The van der Waals surface area contributed by atoms with E-state index in [2.05, 4.69) is 11.5 Å². The van der Waals surface area contributed by atoms with Crippen molar-refractivity contribution in [3.05, 3.63) is 75.2 Å². The van der Waals surface area contributed by atoms with Gasteiger partial charge in [-0.25, -0.2) is 5.01 Å². The Balaban J connectivity index is 1.69. The smallest absolute Gasteiger partial charge is 0.282 e. The van der Waals surface area contributed by atoms with Crippen molar-refractivity contribution < 1.29 is 4.79 Å². The number of nitrogens with zero attached hydrogens (tertiary/aromatic N) is 3. The lowest BCUT2D eigenvalue weighted by atomic mass is 9.91. The summed E-state index contributed by atoms with van der Waals surface area (Å²) in [6.45, 7) is 3.45. The van der Waals surface area contributed by atoms with E-state index in [1.807, 2.05) is 48.3 Å². The van der Waals surface area contributed by atoms with Gasteiger partial charge in [-0.2, -0.15) is 5.10 Å². The minimum absolute atomic E-state index is 0.168. The van der Waals surface area contributed by atoms with Gasteiger partial charge in [-0.3, -0.25) is 15.2 Å². The second-order valence-electron chi connectivity index (χ2n) is 7.36. The highest BCUT2D eigenvalue weighted by atomic mass is 35.5. The summed E-state index contributed by atoms with van der Waals surface area (Å²) in [5.74, 6) is -0.373. The Hall–Kier alpha value is -2.05. The maximum atomic E-state index is 13.1. The second-order valence-corrected chi connectivity index (χ2v) is 8.64. The summed E-state index contributed by atoms with van der Waals surface area (Å²) in [5.41, 5.74) is 5.12. The van der Waals surface area contributed by atoms with Crippen LogP contribution in [0.25, 0.3) is 0 Å². The molecule has 0 saturated heterocycles. The number of rotatable bonds is 4. The van der Waals surface area contributed by atoms with E-state index in [4.69, 9.17) is 39.9 Å². The van der Waals surface area contributed by atoms with Gasteiger partial charge in [-0.1, -0.05) is 66.0 Å². The third-order valence-corrected chi connectivity index (χ3v) is 6.09. The summed E-state index contributed by atoms with van der Waals surface area (Å²) < 4.78 is 0. The van der Waals surface area contributed by atoms with E-state index in [1.165, 1.54) is 0 Å². The predicted molar refractivity (Wildman–Crippen MR) is 123 cm³/mol. The van der Waals surface area contributed by atoms with Gasteiger partial charge in [0, 0.05) is 29.1 Å². The fraction of sp³-hybridized carbons (Fsp3) is 0.273. The third-order valence-electron chi connectivity index (χ3n) is 5.30. The Bertz CT molecular complexity index is 1010. The molecule has 30 heavy (non-hydrogen) atoms. The number of hydrogen-bond acceptors (Lipinski definition) is 4. The third kappa shape index (κ3) is 4.35. The monoisotopic (exact) mass is 462 g/mol. The van der Waals surface area contributed by atoms with Crippen LogP contribution >= 0.6 is 34.8 Å². The molecule has 0 bridgehead atoms. The van der Waals surface area contributed by atoms with Gasteiger partial charge in [-0.05, 0) is 42.3 Å². The molecule has 1 amide bonds. The van der Waals surface area contributed by atoms with Crippen molar-refractivity contribution in [1.29, 1.82) is 0 Å². The maximum absolute atomic E-state index is 13.1. The molecule has 2 aliphatic rings. The zero-order chi connectivity index (χ0) is 21.3. The lowest BCUT2D eigenvalue weighted by molar-refractivity contribution is -0.119. The summed E-state index contributed by atoms with van der Waals surface area (Å²) in [6.07, 6.45) is 5.06. The fourth-order valence-electron chi connectivity index (χ4n) is 3.79. The lowest BCUT2D eigenvalue weighted by Crippen LogP contribution is -2.47. The van der Waals surface area contributed by atoms with Crippen LogP contribution in [0.2, 0.25) is 15.1 Å². The Kier molecular flexibility index (Phi) is 6.34. The molecular weight excluding hydrogens is 443 g/mol. The molecule has 2 heterocycles. The zero-order valence-corrected chi connectivity index (χ0v) is 18.6. The van der Waals surface area contributed by atoms with Gasteiger partial charge in [0.05, 0.1) is 16.8 Å². The molecule has 2 unspecified atom stereocenters. The maximum Gasteiger partial charge on any atom is 0.282 e. The Morgan fingerprint density at radius 2 is 1.80 bits per heavy atom. The van der Waals surface area contributed by atoms with Gasteiger partial charge in [-0.15, -0.1) is 0 Å². The summed E-state index contributed by atoms with van der Waals surface area (Å²) in [5, 5.41) is 10.1. The minimum Gasteiger partial charge on any atom is -0.283 e. The molecule has 0 aliphatic carbocycles. The predicted octanol–water partition coefficient (Wildman–Crippen LogP) is 5.49. The zero-order valence-electron chi connectivity index (χ0n) is 16.4. The summed E-state index contributed by atoms with van der Waals surface area (Å²) in [7, 11) is 0. The highest BCUT2D eigenvalue weighted by Gasteiger charge is 2.40. The van der Waals surface area contributed by atoms with Gasteiger partial charge >= 0.3 is 0 Å². The molecule has 1 N–H and O–H groups in total. The van der Waals surface area contributed by atoms with Crippen molar-refractivity contribution in [3.8, 4) is 0 Å². The molecule has 0 fully saturated rings. The number of nitrogens with one attached hydrogen (secondary N) is 1. The van der Waals surface area contributed by atoms with Crippen molar-refractivity contribution in [3.63, 3.8) is 0 Å². The summed E-state index contributed by atoms with van der Waals surface area (Å²) in [6, 6.07) is 12.6. The second kappa shape index (κ2) is 8.98. The average Bonchev–Trinajstić information content (AvgIpc) is 3.06. The minimum atomic E-state index is -0.206. The van der Waals surface area contributed by atoms with E-state index < -0.39 is 0 Å². The van der Waals surface area contributed by atoms with E-state index in [0.29, 0.717) is 33.0 Å². The van der Waals surface area contributed by atoms with Crippen LogP contribution in [0.15, 0.2) is 59.7 Å². The first-order valence-electron chi connectivity index (χ1n) is 9.73. The molecule has 156 valence electrons. The number of hydrogen-bond donors (Lipinski definition) is 1. The SMILES string of the molecule is CC1C(C(=O)NN2CC=CCC2)=NN(c2ccc(Cl)cc2Cl)C1c1ccc(Cl)cc1. The van der Waals surface area contributed by atoms with Crippen LogP contribution < -0.4 is 10.4 Å². The number of hydrazone groups is 1. The first kappa shape index (κ1) is 21.2. The summed E-state index contributed by atoms with van der Waals surface area (Å²) in [4.78, 5) is 13.1. The standard InChI is InChI=1S/C22H21Cl3N4O/c1-14-20(22(30)27-28-11-3-2-4-12-28)26-29(19-10-9-17(24)13-18(19)25)21(14)15-5-7-16(23)8-6-15/h2-3,5-10,13-14,21H,4,11-12H2,1H3,(H,27,30). The van der Waals surface area contributed by atoms with Crippen LogP contribution in [0.5, 0.6) is 0 Å². The molecule has 4 rings (SSSR count). The molecule has 2 aliphatic heterocycles. The van der Waals surface area contributed by atoms with Crippen LogP contribution in [-0.4, -0.2) is 29.7 Å². The average molecular weight is 464 g/mol. The van der Waals surface area contributed by atoms with Gasteiger partial charge < -0.3 is 0 Å². The molecule has 0 radical (unpaired) electrons. The van der Waals surface area contributed by atoms with Crippen molar-refractivity contribution >= 4 is 52.1 Å². The van der Waals surface area contributed by atoms with Crippen LogP contribution in [0, 0.1) is 5.92 Å². The first-order chi connectivity index (χ1) is 14.4. The normalized spacial score (nSPS) is 21.6. The van der Waals surface area contributed by atoms with Gasteiger partial charge in [0.2, 0.25) is 0 Å². The highest BCUT2D eigenvalue weighted by Crippen LogP contribution is 2.42. The Labute approximate surface area is 190 Å². The lowest BCUT2D eigenvalue weighted by Gasteiger charge is -2.28. The van der Waals surface area contributed by atoms with Crippen LogP contribution in [-0.2, 0) is 4.79 Å². The molecule has 2 atom stereocenters. The molecule has 0 saturated carbocycles. The van der Waals surface area contributed by atoms with E-state index in [9.17, 15) is 4.79 Å². The van der Waals surface area contributed by atoms with Gasteiger partial charge in [0.25, 0.3) is 5.91 Å². The number of halogens is 3. The number of benzene rings is 2. The quantitative estimate of drug-likeness (QED) is 0.610. The molecule has 2 aromatic rings. The molecule has 2 aromatic carbocycles. The number of carbonyl (C=O) groups excluding carboxylic acids is 1. The van der Waals surface area contributed by atoms with Crippen molar-refractivity contribution in [1.82, 2.24) is 10.4 Å². The number of carbonyl (C=O) groups is 1. The van der Waals surface area contributed by atoms with E-state index in [1.54, 1.807) is 17.1 Å². The van der Waals surface area contributed by atoms with Crippen molar-refractivity contribution in [2.75, 3.05) is 18.1 Å². The number of anilines is 1. The van der Waals surface area contributed by atoms with Gasteiger partial charge in [0.1, 0.15) is 5.71 Å². The molecular formula is C22H21Cl3N4O. The van der Waals surface area contributed by atoms with Crippen molar-refractivity contribution in [2.24, 2.45) is 11.0 Å². The topological polar surface area (TPSA) is 47.9 Å². The molecule has 5 nitrogen and oxygen atoms in total. The Morgan fingerprint density at radius 1 is 1.07 bits per heavy atom. The fourth-order valence-corrected chi connectivity index (χ4v) is 4.41. The van der Waals surface area contributed by atoms with Crippen LogP contribution in [0.1, 0.15) is 24.9 Å². The van der Waals surface area contributed by atoms with Crippen molar-refractivity contribution in [2.45, 2.75) is 19.4 Å².